The summed E-state index contributed by atoms with van der Waals surface area (Å²) in [5, 5.41) is 10.5. The lowest BCUT2D eigenvalue weighted by molar-refractivity contribution is 0.102. The average molecular weight is 736 g/mol. The van der Waals surface area contributed by atoms with Gasteiger partial charge in [0.1, 0.15) is 29.0 Å². The molecule has 14 heteroatoms. The van der Waals surface area contributed by atoms with Crippen LogP contribution in [0.2, 0.25) is 0 Å². The topological polar surface area (TPSA) is 125 Å². The molecule has 9 rings (SSSR count). The molecule has 0 radical (unpaired) electrons. The van der Waals surface area contributed by atoms with Crippen molar-refractivity contribution >= 4 is 28.6 Å². The highest BCUT2D eigenvalue weighted by Crippen LogP contribution is 2.40. The van der Waals surface area contributed by atoms with E-state index in [4.69, 9.17) is 11.6 Å². The molecule has 2 aliphatic carbocycles. The molecule has 2 saturated carbocycles. The van der Waals surface area contributed by atoms with Gasteiger partial charge in [0.2, 0.25) is 0 Å². The number of benzene rings is 2. The molecule has 270 valence electrons. The maximum atomic E-state index is 14.8. The number of hydrogen-bond donors (Lipinski definition) is 1. The third kappa shape index (κ3) is 7.00. The van der Waals surface area contributed by atoms with Crippen LogP contribution in [-0.2, 0) is 6.42 Å². The highest BCUT2D eigenvalue weighted by molar-refractivity contribution is 6.67. The van der Waals surface area contributed by atoms with Crippen LogP contribution in [0.5, 0.6) is 0 Å². The number of rotatable bonds is 8. The van der Waals surface area contributed by atoms with Gasteiger partial charge in [0.15, 0.2) is 5.82 Å². The van der Waals surface area contributed by atoms with Gasteiger partial charge in [0.25, 0.3) is 11.1 Å². The molecule has 0 spiro atoms. The predicted molar refractivity (Wildman–Crippen MR) is 195 cm³/mol. The monoisotopic (exact) mass is 735 g/mol. The maximum absolute atomic E-state index is 14.8. The SMILES string of the molecule is Cc1cc(F)c(C(=O)Cl)cc1-n1cnc(C2CC2)c1.Cc1cc(F)c(C(=O)Nc2cccc(-c3nnc4n3[C@H](C)CC4)n2)cc1-n1cnc(C2CC2)c1. The molecule has 1 amide bonds. The van der Waals surface area contributed by atoms with Gasteiger partial charge < -0.3 is 19.0 Å². The number of anilines is 1. The number of halogens is 3. The Balaban J connectivity index is 0.000000178. The zero-order valence-corrected chi connectivity index (χ0v) is 30.1. The van der Waals surface area contributed by atoms with E-state index in [0.29, 0.717) is 35.2 Å². The molecule has 6 aromatic rings. The van der Waals surface area contributed by atoms with Crippen molar-refractivity contribution in [2.75, 3.05) is 5.32 Å². The number of nitrogens with one attached hydrogen (secondary N) is 1. The van der Waals surface area contributed by atoms with Crippen molar-refractivity contribution in [2.45, 2.75) is 77.2 Å². The van der Waals surface area contributed by atoms with Crippen molar-refractivity contribution in [3.05, 3.63) is 119 Å². The van der Waals surface area contributed by atoms with E-state index in [1.807, 2.05) is 34.5 Å². The van der Waals surface area contributed by atoms with E-state index in [1.54, 1.807) is 37.8 Å². The maximum Gasteiger partial charge on any atom is 0.259 e. The first-order chi connectivity index (χ1) is 25.5. The molecule has 3 aliphatic rings. The molecule has 2 aromatic carbocycles. The van der Waals surface area contributed by atoms with Crippen LogP contribution in [0, 0.1) is 25.5 Å². The van der Waals surface area contributed by atoms with Crippen molar-refractivity contribution in [3.8, 4) is 22.9 Å². The molecule has 0 unspecified atom stereocenters. The minimum Gasteiger partial charge on any atom is -0.307 e. The summed E-state index contributed by atoms with van der Waals surface area (Å²) in [6, 6.07) is 11.3. The van der Waals surface area contributed by atoms with Gasteiger partial charge in [0.05, 0.1) is 46.5 Å². The number of fused-ring (bicyclic) bond motifs is 1. The van der Waals surface area contributed by atoms with Crippen LogP contribution in [0.1, 0.15) is 106 Å². The first-order valence-corrected chi connectivity index (χ1v) is 18.0. The molecule has 4 aromatic heterocycles. The molecule has 11 nitrogen and oxygen atoms in total. The highest BCUT2D eigenvalue weighted by Gasteiger charge is 2.28. The fraction of sp³-hybridized carbons (Fsp3) is 0.308. The zero-order valence-electron chi connectivity index (χ0n) is 29.4. The van der Waals surface area contributed by atoms with Crippen LogP contribution in [0.25, 0.3) is 22.9 Å². The molecule has 0 bridgehead atoms. The number of amides is 1. The van der Waals surface area contributed by atoms with E-state index in [0.717, 1.165) is 65.4 Å². The second-order valence-corrected chi connectivity index (χ2v) is 14.4. The lowest BCUT2D eigenvalue weighted by Crippen LogP contribution is -2.16. The Bertz CT molecular complexity index is 2390. The molecular weight excluding hydrogens is 700 g/mol. The van der Waals surface area contributed by atoms with Gasteiger partial charge in [-0.25, -0.2) is 23.7 Å². The Morgan fingerprint density at radius 1 is 0.811 bits per heavy atom. The molecule has 2 fully saturated rings. The number of carbonyl (C=O) groups is 2. The Kier molecular flexibility index (Phi) is 8.97. The highest BCUT2D eigenvalue weighted by atomic mass is 35.5. The lowest BCUT2D eigenvalue weighted by Gasteiger charge is -2.12. The Morgan fingerprint density at radius 3 is 1.98 bits per heavy atom. The standard InChI is InChI=1S/C25H24FN7O.C14H12ClFN2O/c1-14-10-18(26)17(11-21(14)32-12-20(27-13-32)16-7-8-16)25(34)29-22-5-3-4-19(28-22)24-31-30-23-9-6-15(2)33(23)24;1-8-4-11(16)10(14(15)19)5-13(8)18-6-12(17-7-18)9-2-3-9/h3-5,10-13,15-16H,6-9H2,1-2H3,(H,28,29,34);4-7,9H,2-3H2,1H3/t15-;/m1./s1. The van der Waals surface area contributed by atoms with E-state index in [9.17, 15) is 18.4 Å². The summed E-state index contributed by atoms with van der Waals surface area (Å²) < 4.78 is 34.2. The first kappa shape index (κ1) is 34.5. The average Bonchev–Trinajstić information content (AvgIpc) is 3.95. The lowest BCUT2D eigenvalue weighted by atomic mass is 10.1. The number of aromatic nitrogens is 8. The molecule has 53 heavy (non-hydrogen) atoms. The minimum absolute atomic E-state index is 0.0496. The van der Waals surface area contributed by atoms with E-state index in [2.05, 4.69) is 42.0 Å². The molecule has 1 N–H and O–H groups in total. The summed E-state index contributed by atoms with van der Waals surface area (Å²) in [7, 11) is 0. The third-order valence-electron chi connectivity index (χ3n) is 9.99. The summed E-state index contributed by atoms with van der Waals surface area (Å²) in [6.07, 6.45) is 13.8. The van der Waals surface area contributed by atoms with Gasteiger partial charge in [-0.15, -0.1) is 10.2 Å². The van der Waals surface area contributed by atoms with Gasteiger partial charge in [0, 0.05) is 36.7 Å². The van der Waals surface area contributed by atoms with Crippen molar-refractivity contribution < 1.29 is 18.4 Å². The predicted octanol–water partition coefficient (Wildman–Crippen LogP) is 8.19. The second kappa shape index (κ2) is 13.8. The van der Waals surface area contributed by atoms with Gasteiger partial charge in [-0.05, 0) is 112 Å². The second-order valence-electron chi connectivity index (χ2n) is 14.0. The summed E-state index contributed by atoms with van der Waals surface area (Å²) in [4.78, 5) is 37.6. The van der Waals surface area contributed by atoms with Crippen LogP contribution >= 0.6 is 11.6 Å². The number of pyridine rings is 1. The number of hydrogen-bond acceptors (Lipinski definition) is 7. The van der Waals surface area contributed by atoms with E-state index >= 15 is 0 Å². The Labute approximate surface area is 309 Å². The molecular formula is C39H36ClF2N9O2. The fourth-order valence-corrected chi connectivity index (χ4v) is 6.88. The van der Waals surface area contributed by atoms with E-state index in [-0.39, 0.29) is 11.1 Å². The number of imidazole rings is 2. The molecule has 5 heterocycles. The van der Waals surface area contributed by atoms with Crippen molar-refractivity contribution in [3.63, 3.8) is 0 Å². The van der Waals surface area contributed by atoms with Gasteiger partial charge in [-0.2, -0.15) is 0 Å². The zero-order chi connectivity index (χ0) is 37.0. The molecule has 1 aliphatic heterocycles. The molecule has 0 saturated heterocycles. The Morgan fingerprint density at radius 2 is 1.40 bits per heavy atom. The smallest absolute Gasteiger partial charge is 0.259 e. The van der Waals surface area contributed by atoms with Crippen LogP contribution in [0.15, 0.2) is 67.5 Å². The first-order valence-electron chi connectivity index (χ1n) is 17.6. The summed E-state index contributed by atoms with van der Waals surface area (Å²) in [5.74, 6) is 1.26. The van der Waals surface area contributed by atoms with Crippen LogP contribution in [0.3, 0.4) is 0 Å². The fourth-order valence-electron chi connectivity index (χ4n) is 6.73. The summed E-state index contributed by atoms with van der Waals surface area (Å²) in [5.41, 5.74) is 5.44. The van der Waals surface area contributed by atoms with E-state index < -0.39 is 22.8 Å². The Hall–Kier alpha value is -5.56. The normalized spacial score (nSPS) is 16.2. The van der Waals surface area contributed by atoms with E-state index in [1.165, 1.54) is 31.0 Å². The summed E-state index contributed by atoms with van der Waals surface area (Å²) in [6.45, 7) is 5.73. The quantitative estimate of drug-likeness (QED) is 0.156. The number of carbonyl (C=O) groups excluding carboxylic acids is 2. The summed E-state index contributed by atoms with van der Waals surface area (Å²) >= 11 is 5.38. The van der Waals surface area contributed by atoms with Crippen molar-refractivity contribution in [1.29, 1.82) is 0 Å². The van der Waals surface area contributed by atoms with Gasteiger partial charge >= 0.3 is 0 Å². The third-order valence-corrected chi connectivity index (χ3v) is 10.2. The largest absolute Gasteiger partial charge is 0.307 e. The van der Waals surface area contributed by atoms with Crippen LogP contribution in [-0.4, -0.2) is 50.0 Å². The number of nitrogens with zero attached hydrogens (tertiary/aromatic N) is 8. The van der Waals surface area contributed by atoms with Crippen molar-refractivity contribution in [2.24, 2.45) is 0 Å². The van der Waals surface area contributed by atoms with Gasteiger partial charge in [-0.3, -0.25) is 9.59 Å². The molecule has 1 atom stereocenters. The van der Waals surface area contributed by atoms with Crippen LogP contribution in [0.4, 0.5) is 14.6 Å². The minimum atomic E-state index is -0.790. The van der Waals surface area contributed by atoms with Crippen LogP contribution < -0.4 is 5.32 Å². The number of aryl methyl sites for hydroxylation is 3. The van der Waals surface area contributed by atoms with Gasteiger partial charge in [-0.1, -0.05) is 6.07 Å². The van der Waals surface area contributed by atoms with Crippen molar-refractivity contribution in [1.82, 2.24) is 38.9 Å².